The summed E-state index contributed by atoms with van der Waals surface area (Å²) in [6, 6.07) is 169. The smallest absolute Gasteiger partial charge is 0.0619 e. The SMILES string of the molecule is c1ccc(-n2c3ccc(-c4ccc5c6ccccc6n(-c6ccccc6-c6ccccc6-c6ccc7c8c(cc(-c9cccc%10c9ccc9c%11cc(-c%12ccc%13c(c%12)c%12ccccc%12n%13-c%12ccccc%12-c%12ccccc%12-c%12ccc%13c%14c(cccc%12%14)-c%12ccccc%12-%13)ccc%11n(-c%11ccccc%11)c%109)cc68)-c6ccccc6-7)c5c4)cc3c3ccc4ccccc4c32)cc1. The number of rotatable bonds is 11. The summed E-state index contributed by atoms with van der Waals surface area (Å²) >= 11 is 0. The molecule has 4 aromatic heterocycles. The standard InChI is InChI=1S/C124H74N4/c1-3-28-81(29-4-1)125-117-67-56-78(71-109(117)106-59-53-75-27-7-8-32-84(75)123(106)125)79-54-58-100-98-43-19-23-51-115(98)128(120(100)74-79)114-50-22-18-42-97(114)88-36-12-10-34-86(88)95-61-64-104-91-39-15-16-40-92(91)111-72-80(73-112(95)122(104)111)83-45-25-48-105-93(83)62-65-107-110-70-77(55-66-118(110)126(124(105)107)82-30-5-2-6-31-82)76-57-68-119-108(69-76)99-44-20-24-52-116(99)127(119)113-49-21-17-41-96(113)87-35-11-9-33-85(87)94-60-63-103-90-38-14-13-37-89(90)101-46-26-47-102(94)121(101)103/h1-74H. The van der Waals surface area contributed by atoms with Crippen LogP contribution in [0.15, 0.2) is 449 Å². The average molecular weight is 1620 g/mol. The van der Waals surface area contributed by atoms with Crippen LogP contribution in [0.25, 0.3) is 275 Å². The molecule has 0 unspecified atom stereocenters. The normalized spacial score (nSPS) is 12.2. The fraction of sp³-hybridized carbons (Fsp3) is 0. The lowest BCUT2D eigenvalue weighted by Crippen LogP contribution is -1.98. The molecule has 0 atom stereocenters. The lowest BCUT2D eigenvalue weighted by Gasteiger charge is -2.19. The van der Waals surface area contributed by atoms with Crippen LogP contribution in [0.4, 0.5) is 0 Å². The average Bonchev–Trinajstić information content (AvgIpc) is 1.57. The van der Waals surface area contributed by atoms with Gasteiger partial charge in [-0.15, -0.1) is 0 Å². The van der Waals surface area contributed by atoms with Crippen LogP contribution < -0.4 is 0 Å². The number of para-hydroxylation sites is 6. The molecule has 2 aliphatic rings. The molecule has 0 saturated heterocycles. The minimum Gasteiger partial charge on any atom is -0.309 e. The molecule has 0 aliphatic heterocycles. The lowest BCUT2D eigenvalue weighted by atomic mass is 9.87. The molecule has 0 N–H and O–H groups in total. The van der Waals surface area contributed by atoms with Gasteiger partial charge in [0.2, 0.25) is 0 Å². The number of fused-ring (bicyclic) bond motifs is 22. The van der Waals surface area contributed by atoms with Crippen molar-refractivity contribution in [3.63, 3.8) is 0 Å². The fourth-order valence-electron chi connectivity index (χ4n) is 22.8. The van der Waals surface area contributed by atoms with Gasteiger partial charge in [-0.25, -0.2) is 0 Å². The van der Waals surface area contributed by atoms with E-state index in [0.29, 0.717) is 0 Å². The molecule has 4 heteroatoms. The zero-order valence-electron chi connectivity index (χ0n) is 69.5. The second-order valence-corrected chi connectivity index (χ2v) is 34.7. The van der Waals surface area contributed by atoms with E-state index in [9.17, 15) is 0 Å². The maximum Gasteiger partial charge on any atom is 0.0619 e. The Balaban J connectivity index is 0.571. The van der Waals surface area contributed by atoms with E-state index in [0.717, 1.165) is 55.9 Å². The second-order valence-electron chi connectivity index (χ2n) is 34.7. The maximum atomic E-state index is 2.53. The highest BCUT2D eigenvalue weighted by atomic mass is 15.0. The van der Waals surface area contributed by atoms with E-state index in [4.69, 9.17) is 0 Å². The van der Waals surface area contributed by atoms with Crippen molar-refractivity contribution < 1.29 is 0 Å². The molecular weight excluding hydrogens is 1550 g/mol. The topological polar surface area (TPSA) is 19.7 Å². The fourth-order valence-corrected chi connectivity index (χ4v) is 22.8. The minimum absolute atomic E-state index is 1.12. The van der Waals surface area contributed by atoms with Gasteiger partial charge >= 0.3 is 0 Å². The molecule has 0 saturated carbocycles. The van der Waals surface area contributed by atoms with Crippen LogP contribution in [0, 0.1) is 0 Å². The Morgan fingerprint density at radius 1 is 0.125 bits per heavy atom. The van der Waals surface area contributed by atoms with Crippen LogP contribution in [0.2, 0.25) is 0 Å². The number of hydrogen-bond donors (Lipinski definition) is 0. The summed E-state index contributed by atoms with van der Waals surface area (Å²) in [5, 5.41) is 19.7. The molecule has 4 heterocycles. The van der Waals surface area contributed by atoms with Crippen molar-refractivity contribution in [1.29, 1.82) is 0 Å². The summed E-state index contributed by atoms with van der Waals surface area (Å²) < 4.78 is 9.99. The third-order valence-corrected chi connectivity index (χ3v) is 28.3. The molecule has 4 nitrogen and oxygen atoms in total. The highest BCUT2D eigenvalue weighted by Gasteiger charge is 2.30. The summed E-state index contributed by atoms with van der Waals surface area (Å²) in [4.78, 5) is 0. The lowest BCUT2D eigenvalue weighted by molar-refractivity contribution is 1.18. The van der Waals surface area contributed by atoms with Gasteiger partial charge in [-0.2, -0.15) is 0 Å². The van der Waals surface area contributed by atoms with Gasteiger partial charge in [-0.3, -0.25) is 0 Å². The number of aromatic nitrogens is 4. The molecule has 0 fully saturated rings. The molecule has 28 rings (SSSR count). The van der Waals surface area contributed by atoms with E-state index in [1.165, 1.54) is 220 Å². The van der Waals surface area contributed by atoms with E-state index >= 15 is 0 Å². The molecule has 22 aromatic carbocycles. The minimum atomic E-state index is 1.12. The van der Waals surface area contributed by atoms with E-state index < -0.39 is 0 Å². The highest BCUT2D eigenvalue weighted by molar-refractivity contribution is 6.26. The van der Waals surface area contributed by atoms with Crippen molar-refractivity contribution in [2.24, 2.45) is 0 Å². The summed E-state index contributed by atoms with van der Waals surface area (Å²) in [6.07, 6.45) is 0. The Labute approximate surface area is 737 Å². The predicted octanol–water partition coefficient (Wildman–Crippen LogP) is 33.7. The van der Waals surface area contributed by atoms with Crippen LogP contribution in [-0.2, 0) is 0 Å². The Bertz CT molecular complexity index is 9300. The first kappa shape index (κ1) is 70.6. The third kappa shape index (κ3) is 10.2. The van der Waals surface area contributed by atoms with Gasteiger partial charge in [0.15, 0.2) is 0 Å². The van der Waals surface area contributed by atoms with Gasteiger partial charge in [0, 0.05) is 76.4 Å². The predicted molar refractivity (Wildman–Crippen MR) is 541 cm³/mol. The largest absolute Gasteiger partial charge is 0.309 e. The van der Waals surface area contributed by atoms with Crippen LogP contribution in [0.1, 0.15) is 0 Å². The molecule has 590 valence electrons. The second kappa shape index (κ2) is 27.3. The summed E-state index contributed by atoms with van der Waals surface area (Å²) in [7, 11) is 0. The Morgan fingerprint density at radius 3 is 1.02 bits per heavy atom. The van der Waals surface area contributed by atoms with Crippen molar-refractivity contribution in [2.45, 2.75) is 0 Å². The zero-order valence-corrected chi connectivity index (χ0v) is 69.5. The number of nitrogens with zero attached hydrogens (tertiary/aromatic N) is 4. The van der Waals surface area contributed by atoms with Crippen molar-refractivity contribution >= 4 is 130 Å². The van der Waals surface area contributed by atoms with Crippen LogP contribution >= 0.6 is 0 Å². The van der Waals surface area contributed by atoms with E-state index in [-0.39, 0.29) is 0 Å². The van der Waals surface area contributed by atoms with Gasteiger partial charge in [0.1, 0.15) is 0 Å². The van der Waals surface area contributed by atoms with Crippen molar-refractivity contribution in [3.8, 4) is 145 Å². The molecular formula is C124H74N4. The molecule has 0 radical (unpaired) electrons. The number of benzene rings is 22. The molecule has 0 bridgehead atoms. The van der Waals surface area contributed by atoms with Crippen LogP contribution in [0.5, 0.6) is 0 Å². The first-order valence-electron chi connectivity index (χ1n) is 44.4. The van der Waals surface area contributed by atoms with Gasteiger partial charge in [-0.05, 0) is 247 Å². The van der Waals surface area contributed by atoms with Gasteiger partial charge in [0.05, 0.1) is 55.5 Å². The molecule has 0 amide bonds. The summed E-state index contributed by atoms with van der Waals surface area (Å²) in [5.41, 5.74) is 40.8. The molecule has 128 heavy (non-hydrogen) atoms. The summed E-state index contributed by atoms with van der Waals surface area (Å²) in [6.45, 7) is 0. The zero-order chi connectivity index (χ0) is 83.5. The third-order valence-electron chi connectivity index (χ3n) is 28.3. The van der Waals surface area contributed by atoms with Crippen molar-refractivity contribution in [3.05, 3.63) is 449 Å². The Kier molecular flexibility index (Phi) is 15.1. The molecule has 0 spiro atoms. The molecule has 2 aliphatic carbocycles. The monoisotopic (exact) mass is 1620 g/mol. The maximum absolute atomic E-state index is 2.53. The Hall–Kier alpha value is -16.9. The first-order valence-corrected chi connectivity index (χ1v) is 44.4. The van der Waals surface area contributed by atoms with Crippen molar-refractivity contribution in [1.82, 2.24) is 18.3 Å². The number of hydrogen-bond acceptors (Lipinski definition) is 0. The molecule has 26 aromatic rings. The van der Waals surface area contributed by atoms with Crippen molar-refractivity contribution in [2.75, 3.05) is 0 Å². The van der Waals surface area contributed by atoms with E-state index in [1.54, 1.807) is 0 Å². The van der Waals surface area contributed by atoms with E-state index in [2.05, 4.69) is 467 Å². The highest BCUT2D eigenvalue weighted by Crippen LogP contribution is 2.56. The first-order chi connectivity index (χ1) is 63.5. The van der Waals surface area contributed by atoms with Gasteiger partial charge < -0.3 is 18.3 Å². The van der Waals surface area contributed by atoms with E-state index in [1.807, 2.05) is 0 Å². The summed E-state index contributed by atoms with van der Waals surface area (Å²) in [5.74, 6) is 0. The van der Waals surface area contributed by atoms with Gasteiger partial charge in [-0.1, -0.05) is 346 Å². The van der Waals surface area contributed by atoms with Gasteiger partial charge in [0.25, 0.3) is 0 Å². The quantitative estimate of drug-likeness (QED) is 0.123. The Morgan fingerprint density at radius 2 is 0.445 bits per heavy atom. The van der Waals surface area contributed by atoms with Crippen LogP contribution in [0.3, 0.4) is 0 Å². The van der Waals surface area contributed by atoms with Crippen LogP contribution in [-0.4, -0.2) is 18.3 Å².